The van der Waals surface area contributed by atoms with Crippen molar-refractivity contribution >= 4 is 60.4 Å². The van der Waals surface area contributed by atoms with Gasteiger partial charge >= 0.3 is 0 Å². The van der Waals surface area contributed by atoms with Crippen molar-refractivity contribution in [3.8, 4) is 0 Å². The maximum Gasteiger partial charge on any atom is 0.252 e. The molecule has 1 aliphatic rings. The Labute approximate surface area is 150 Å². The molecule has 0 saturated heterocycles. The fourth-order valence-electron chi connectivity index (χ4n) is 2.69. The third-order valence-corrected chi connectivity index (χ3v) is 6.55. The van der Waals surface area contributed by atoms with Crippen molar-refractivity contribution in [3.05, 3.63) is 31.8 Å². The van der Waals surface area contributed by atoms with Crippen LogP contribution in [-0.2, 0) is 0 Å². The van der Waals surface area contributed by atoms with Crippen LogP contribution < -0.4 is 5.32 Å². The Kier molecular flexibility index (Phi) is 6.35. The van der Waals surface area contributed by atoms with Crippen molar-refractivity contribution in [1.29, 1.82) is 0 Å². The zero-order valence-electron chi connectivity index (χ0n) is 11.2. The van der Waals surface area contributed by atoms with Gasteiger partial charge < -0.3 is 5.32 Å². The molecule has 1 amide bonds. The van der Waals surface area contributed by atoms with E-state index in [1.807, 2.05) is 18.2 Å². The first-order chi connectivity index (χ1) is 9.56. The van der Waals surface area contributed by atoms with Gasteiger partial charge in [-0.1, -0.05) is 35.2 Å². The SMILES string of the molecule is O=C(NCC1(CBr)CCCCC1)c1cc(I)ccc1Br. The Morgan fingerprint density at radius 1 is 1.30 bits per heavy atom. The molecule has 0 radical (unpaired) electrons. The van der Waals surface area contributed by atoms with Gasteiger partial charge in [-0.15, -0.1) is 0 Å². The molecule has 1 aliphatic carbocycles. The van der Waals surface area contributed by atoms with Crippen LogP contribution in [0.15, 0.2) is 22.7 Å². The quantitative estimate of drug-likeness (QED) is 0.438. The van der Waals surface area contributed by atoms with Gasteiger partial charge in [-0.2, -0.15) is 0 Å². The Bertz CT molecular complexity index is 487. The van der Waals surface area contributed by atoms with Gasteiger partial charge in [0.15, 0.2) is 0 Å². The molecular formula is C15H18Br2INO. The number of alkyl halides is 1. The zero-order valence-corrected chi connectivity index (χ0v) is 16.6. The van der Waals surface area contributed by atoms with E-state index in [2.05, 4.69) is 59.8 Å². The molecule has 0 bridgehead atoms. The summed E-state index contributed by atoms with van der Waals surface area (Å²) in [5, 5.41) is 4.09. The van der Waals surface area contributed by atoms with E-state index in [1.54, 1.807) is 0 Å². The number of hydrogen-bond acceptors (Lipinski definition) is 1. The van der Waals surface area contributed by atoms with Gasteiger partial charge in [0.05, 0.1) is 5.56 Å². The second-order valence-electron chi connectivity index (χ2n) is 5.50. The minimum Gasteiger partial charge on any atom is -0.351 e. The van der Waals surface area contributed by atoms with E-state index in [4.69, 9.17) is 0 Å². The summed E-state index contributed by atoms with van der Waals surface area (Å²) in [4.78, 5) is 12.4. The van der Waals surface area contributed by atoms with Gasteiger partial charge in [0, 0.05) is 19.9 Å². The highest BCUT2D eigenvalue weighted by atomic mass is 127. The third-order valence-electron chi connectivity index (χ3n) is 3.99. The van der Waals surface area contributed by atoms with Gasteiger partial charge in [-0.25, -0.2) is 0 Å². The van der Waals surface area contributed by atoms with Crippen LogP contribution in [0, 0.1) is 8.99 Å². The van der Waals surface area contributed by atoms with E-state index in [0.717, 1.165) is 25.5 Å². The Morgan fingerprint density at radius 2 is 2.00 bits per heavy atom. The summed E-state index contributed by atoms with van der Waals surface area (Å²) in [5.74, 6) is 0.0151. The fourth-order valence-corrected chi connectivity index (χ4v) is 4.37. The predicted octanol–water partition coefficient (Wildman–Crippen LogP) is 5.13. The minimum absolute atomic E-state index is 0.0151. The molecule has 1 N–H and O–H groups in total. The van der Waals surface area contributed by atoms with E-state index in [9.17, 15) is 4.79 Å². The maximum atomic E-state index is 12.4. The molecule has 0 heterocycles. The molecule has 2 rings (SSSR count). The number of hydrogen-bond donors (Lipinski definition) is 1. The molecule has 110 valence electrons. The van der Waals surface area contributed by atoms with Crippen molar-refractivity contribution in [2.45, 2.75) is 32.1 Å². The maximum absolute atomic E-state index is 12.4. The number of amides is 1. The summed E-state index contributed by atoms with van der Waals surface area (Å²) >= 11 is 9.32. The Hall–Kier alpha value is 0.380. The van der Waals surface area contributed by atoms with Crippen LogP contribution in [0.3, 0.4) is 0 Å². The third kappa shape index (κ3) is 4.19. The van der Waals surface area contributed by atoms with Gasteiger partial charge in [-0.05, 0) is 75.0 Å². The lowest BCUT2D eigenvalue weighted by Crippen LogP contribution is -2.40. The highest BCUT2D eigenvalue weighted by molar-refractivity contribution is 14.1. The number of rotatable bonds is 4. The zero-order chi connectivity index (χ0) is 14.6. The normalized spacial score (nSPS) is 17.8. The van der Waals surface area contributed by atoms with Gasteiger partial charge in [-0.3, -0.25) is 4.79 Å². The molecule has 2 nitrogen and oxygen atoms in total. The summed E-state index contributed by atoms with van der Waals surface area (Å²) in [6, 6.07) is 5.84. The van der Waals surface area contributed by atoms with Crippen LogP contribution in [0.1, 0.15) is 42.5 Å². The lowest BCUT2D eigenvalue weighted by atomic mass is 9.75. The summed E-state index contributed by atoms with van der Waals surface area (Å²) < 4.78 is 1.93. The number of carbonyl (C=O) groups excluding carboxylic acids is 1. The monoisotopic (exact) mass is 513 g/mol. The van der Waals surface area contributed by atoms with Gasteiger partial charge in [0.25, 0.3) is 5.91 Å². The summed E-state index contributed by atoms with van der Waals surface area (Å²) in [6.45, 7) is 0.759. The highest BCUT2D eigenvalue weighted by Gasteiger charge is 2.31. The molecule has 1 aromatic rings. The van der Waals surface area contributed by atoms with Crippen molar-refractivity contribution in [2.75, 3.05) is 11.9 Å². The molecule has 0 aliphatic heterocycles. The largest absolute Gasteiger partial charge is 0.351 e. The predicted molar refractivity (Wildman–Crippen MR) is 98.5 cm³/mol. The average molecular weight is 515 g/mol. The molecular weight excluding hydrogens is 497 g/mol. The van der Waals surface area contributed by atoms with Crippen LogP contribution in [0.25, 0.3) is 0 Å². The van der Waals surface area contributed by atoms with Crippen molar-refractivity contribution < 1.29 is 4.79 Å². The summed E-state index contributed by atoms with van der Waals surface area (Å²) in [7, 11) is 0. The molecule has 1 saturated carbocycles. The van der Waals surface area contributed by atoms with Crippen molar-refractivity contribution in [2.24, 2.45) is 5.41 Å². The van der Waals surface area contributed by atoms with Crippen LogP contribution in [-0.4, -0.2) is 17.8 Å². The molecule has 0 unspecified atom stereocenters. The van der Waals surface area contributed by atoms with E-state index in [1.165, 1.54) is 32.1 Å². The van der Waals surface area contributed by atoms with Crippen molar-refractivity contribution in [3.63, 3.8) is 0 Å². The number of halogens is 3. The number of carbonyl (C=O) groups is 1. The summed E-state index contributed by atoms with van der Waals surface area (Å²) in [5.41, 5.74) is 0.958. The first kappa shape index (κ1) is 16.7. The molecule has 1 fully saturated rings. The lowest BCUT2D eigenvalue weighted by Gasteiger charge is -2.35. The topological polar surface area (TPSA) is 29.1 Å². The van der Waals surface area contributed by atoms with Gasteiger partial charge in [0.1, 0.15) is 0 Å². The van der Waals surface area contributed by atoms with E-state index in [0.29, 0.717) is 0 Å². The molecule has 0 atom stereocenters. The summed E-state index contributed by atoms with van der Waals surface area (Å²) in [6.07, 6.45) is 6.27. The van der Waals surface area contributed by atoms with Crippen LogP contribution >= 0.6 is 54.5 Å². The molecule has 0 spiro atoms. The average Bonchev–Trinajstić information content (AvgIpc) is 2.48. The first-order valence-corrected chi connectivity index (χ1v) is 9.85. The van der Waals surface area contributed by atoms with Crippen LogP contribution in [0.4, 0.5) is 0 Å². The van der Waals surface area contributed by atoms with E-state index in [-0.39, 0.29) is 11.3 Å². The van der Waals surface area contributed by atoms with Gasteiger partial charge in [0.2, 0.25) is 0 Å². The Balaban J connectivity index is 2.02. The van der Waals surface area contributed by atoms with Crippen molar-refractivity contribution in [1.82, 2.24) is 5.32 Å². The minimum atomic E-state index is 0.0151. The molecule has 0 aromatic heterocycles. The molecule has 20 heavy (non-hydrogen) atoms. The molecule has 5 heteroatoms. The highest BCUT2D eigenvalue weighted by Crippen LogP contribution is 2.37. The standard InChI is InChI=1S/C15H18Br2INO/c16-9-15(6-2-1-3-7-15)10-19-14(20)12-8-11(18)4-5-13(12)17/h4-5,8H,1-3,6-7,9-10H2,(H,19,20). The second kappa shape index (κ2) is 7.58. The number of benzene rings is 1. The van der Waals surface area contributed by atoms with E-state index < -0.39 is 0 Å². The molecule has 1 aromatic carbocycles. The lowest BCUT2D eigenvalue weighted by molar-refractivity contribution is 0.0921. The first-order valence-electron chi connectivity index (χ1n) is 6.86. The second-order valence-corrected chi connectivity index (χ2v) is 8.16. The Morgan fingerprint density at radius 3 is 2.65 bits per heavy atom. The number of nitrogens with one attached hydrogen (secondary N) is 1. The fraction of sp³-hybridized carbons (Fsp3) is 0.533. The van der Waals surface area contributed by atoms with Crippen LogP contribution in [0.5, 0.6) is 0 Å². The van der Waals surface area contributed by atoms with E-state index >= 15 is 0 Å². The van der Waals surface area contributed by atoms with Crippen LogP contribution in [0.2, 0.25) is 0 Å². The smallest absolute Gasteiger partial charge is 0.252 e.